The minimum absolute atomic E-state index is 0.0618. The van der Waals surface area contributed by atoms with Crippen molar-refractivity contribution in [2.75, 3.05) is 5.32 Å². The average molecular weight is 273 g/mol. The first-order chi connectivity index (χ1) is 9.60. The van der Waals surface area contributed by atoms with Crippen molar-refractivity contribution < 1.29 is 19.5 Å². The number of carboxylic acid groups (broad SMARTS) is 1. The Bertz CT molecular complexity index is 601. The Hall–Kier alpha value is -2.88. The molecule has 0 bridgehead atoms. The summed E-state index contributed by atoms with van der Waals surface area (Å²) in [6.07, 6.45) is -0.691. The highest BCUT2D eigenvalue weighted by molar-refractivity contribution is 6.36. The molecule has 7 heteroatoms. The van der Waals surface area contributed by atoms with E-state index >= 15 is 0 Å². The smallest absolute Gasteiger partial charge is 0.353 e. The van der Waals surface area contributed by atoms with Crippen molar-refractivity contribution in [1.82, 2.24) is 0 Å². The van der Waals surface area contributed by atoms with Crippen LogP contribution in [-0.4, -0.2) is 28.8 Å². The predicted octanol–water partition coefficient (Wildman–Crippen LogP) is 0.921. The van der Waals surface area contributed by atoms with Crippen LogP contribution in [-0.2, 0) is 20.8 Å². The van der Waals surface area contributed by atoms with Crippen molar-refractivity contribution in [2.45, 2.75) is 18.9 Å². The molecule has 1 aromatic carbocycles. The molecule has 0 radical (unpaired) electrons. The molecule has 0 fully saturated rings. The molecule has 0 saturated heterocycles. The zero-order chi connectivity index (χ0) is 14.5. The van der Waals surface area contributed by atoms with Crippen LogP contribution in [0.2, 0.25) is 0 Å². The SMILES string of the molecule is N#CCc1ccc(NC(=O)C2CC(C(=O)O)=NO2)cc1. The summed E-state index contributed by atoms with van der Waals surface area (Å²) in [4.78, 5) is 27.3. The van der Waals surface area contributed by atoms with Crippen molar-refractivity contribution in [3.63, 3.8) is 0 Å². The second-order valence-corrected chi connectivity index (χ2v) is 4.16. The zero-order valence-corrected chi connectivity index (χ0v) is 10.4. The highest BCUT2D eigenvalue weighted by atomic mass is 16.6. The molecule has 1 amide bonds. The number of hydrogen-bond acceptors (Lipinski definition) is 5. The molecule has 0 aromatic heterocycles. The Balaban J connectivity index is 1.93. The van der Waals surface area contributed by atoms with Gasteiger partial charge in [-0.1, -0.05) is 17.3 Å². The first kappa shape index (κ1) is 13.5. The first-order valence-corrected chi connectivity index (χ1v) is 5.83. The number of benzene rings is 1. The molecule has 7 nitrogen and oxygen atoms in total. The summed E-state index contributed by atoms with van der Waals surface area (Å²) in [5.41, 5.74) is 1.22. The van der Waals surface area contributed by atoms with E-state index in [1.54, 1.807) is 24.3 Å². The Morgan fingerprint density at radius 2 is 2.15 bits per heavy atom. The van der Waals surface area contributed by atoms with Gasteiger partial charge < -0.3 is 15.3 Å². The molecular weight excluding hydrogens is 262 g/mol. The molecule has 102 valence electrons. The van der Waals surface area contributed by atoms with Gasteiger partial charge in [0.2, 0.25) is 6.10 Å². The molecule has 0 spiro atoms. The number of rotatable bonds is 4. The summed E-state index contributed by atoms with van der Waals surface area (Å²) in [6, 6.07) is 8.82. The van der Waals surface area contributed by atoms with Crippen molar-refractivity contribution in [3.8, 4) is 6.07 Å². The molecule has 1 heterocycles. The van der Waals surface area contributed by atoms with Gasteiger partial charge in [-0.05, 0) is 17.7 Å². The number of hydrogen-bond donors (Lipinski definition) is 2. The lowest BCUT2D eigenvalue weighted by molar-refractivity contribution is -0.129. The van der Waals surface area contributed by atoms with Crippen LogP contribution in [0, 0.1) is 11.3 Å². The van der Waals surface area contributed by atoms with Gasteiger partial charge in [0.25, 0.3) is 5.91 Å². The van der Waals surface area contributed by atoms with Gasteiger partial charge in [-0.3, -0.25) is 4.79 Å². The lowest BCUT2D eigenvalue weighted by Gasteiger charge is -2.09. The van der Waals surface area contributed by atoms with E-state index < -0.39 is 18.0 Å². The van der Waals surface area contributed by atoms with Crippen LogP contribution in [0.25, 0.3) is 0 Å². The summed E-state index contributed by atoms with van der Waals surface area (Å²) < 4.78 is 0. The van der Waals surface area contributed by atoms with Gasteiger partial charge >= 0.3 is 5.97 Å². The van der Waals surface area contributed by atoms with Crippen molar-refractivity contribution >= 4 is 23.3 Å². The van der Waals surface area contributed by atoms with E-state index in [4.69, 9.17) is 15.2 Å². The van der Waals surface area contributed by atoms with Crippen LogP contribution in [0.1, 0.15) is 12.0 Å². The van der Waals surface area contributed by atoms with E-state index in [9.17, 15) is 9.59 Å². The second-order valence-electron chi connectivity index (χ2n) is 4.16. The largest absolute Gasteiger partial charge is 0.477 e. The number of amides is 1. The Labute approximate surface area is 114 Å². The van der Waals surface area contributed by atoms with Crippen LogP contribution < -0.4 is 5.32 Å². The number of nitriles is 1. The third-order valence-corrected chi connectivity index (χ3v) is 2.71. The van der Waals surface area contributed by atoms with Crippen molar-refractivity contribution in [3.05, 3.63) is 29.8 Å². The fourth-order valence-electron chi connectivity index (χ4n) is 1.66. The first-order valence-electron chi connectivity index (χ1n) is 5.83. The second kappa shape index (κ2) is 5.84. The van der Waals surface area contributed by atoms with E-state index in [-0.39, 0.29) is 12.1 Å². The minimum Gasteiger partial charge on any atom is -0.477 e. The number of carbonyl (C=O) groups is 2. The summed E-state index contributed by atoms with van der Waals surface area (Å²) in [5, 5.41) is 23.2. The summed E-state index contributed by atoms with van der Waals surface area (Å²) >= 11 is 0. The summed E-state index contributed by atoms with van der Waals surface area (Å²) in [7, 11) is 0. The Morgan fingerprint density at radius 1 is 1.45 bits per heavy atom. The fraction of sp³-hybridized carbons (Fsp3) is 0.231. The molecule has 20 heavy (non-hydrogen) atoms. The molecule has 0 aliphatic carbocycles. The standard InChI is InChI=1S/C13H11N3O4/c14-6-5-8-1-3-9(4-2-8)15-12(17)11-7-10(13(18)19)16-20-11/h1-4,11H,5,7H2,(H,15,17)(H,18,19). The normalized spacial score (nSPS) is 16.8. The van der Waals surface area contributed by atoms with Gasteiger partial charge in [0.1, 0.15) is 0 Å². The van der Waals surface area contributed by atoms with Crippen LogP contribution >= 0.6 is 0 Å². The number of aliphatic carboxylic acids is 1. The number of carboxylic acids is 1. The highest BCUT2D eigenvalue weighted by Gasteiger charge is 2.31. The van der Waals surface area contributed by atoms with Gasteiger partial charge in [0.05, 0.1) is 12.5 Å². The van der Waals surface area contributed by atoms with E-state index in [1.165, 1.54) is 0 Å². The van der Waals surface area contributed by atoms with Gasteiger partial charge in [0.15, 0.2) is 5.71 Å². The maximum atomic E-state index is 11.8. The average Bonchev–Trinajstić information content (AvgIpc) is 2.91. The molecule has 1 atom stereocenters. The van der Waals surface area contributed by atoms with Crippen LogP contribution in [0.4, 0.5) is 5.69 Å². The van der Waals surface area contributed by atoms with Gasteiger partial charge in [-0.25, -0.2) is 4.79 Å². The van der Waals surface area contributed by atoms with Crippen LogP contribution in [0.3, 0.4) is 0 Å². The number of oxime groups is 1. The van der Waals surface area contributed by atoms with Gasteiger partial charge in [0, 0.05) is 12.1 Å². The lowest BCUT2D eigenvalue weighted by Crippen LogP contribution is -2.28. The lowest BCUT2D eigenvalue weighted by atomic mass is 10.1. The van der Waals surface area contributed by atoms with Crippen molar-refractivity contribution in [2.24, 2.45) is 5.16 Å². The molecule has 2 rings (SSSR count). The van der Waals surface area contributed by atoms with E-state index in [2.05, 4.69) is 10.5 Å². The van der Waals surface area contributed by atoms with Gasteiger partial charge in [-0.2, -0.15) is 5.26 Å². The zero-order valence-electron chi connectivity index (χ0n) is 10.4. The van der Waals surface area contributed by atoms with E-state index in [1.807, 2.05) is 6.07 Å². The number of carbonyl (C=O) groups excluding carboxylic acids is 1. The molecule has 1 aromatic rings. The topological polar surface area (TPSA) is 112 Å². The van der Waals surface area contributed by atoms with Crippen molar-refractivity contribution in [1.29, 1.82) is 5.26 Å². The third-order valence-electron chi connectivity index (χ3n) is 2.71. The van der Waals surface area contributed by atoms with Gasteiger partial charge in [-0.15, -0.1) is 0 Å². The third kappa shape index (κ3) is 3.11. The maximum Gasteiger partial charge on any atom is 0.353 e. The van der Waals surface area contributed by atoms with E-state index in [0.29, 0.717) is 12.1 Å². The Morgan fingerprint density at radius 3 is 2.70 bits per heavy atom. The number of nitrogens with zero attached hydrogens (tertiary/aromatic N) is 2. The Kier molecular flexibility index (Phi) is 3.96. The summed E-state index contributed by atoms with van der Waals surface area (Å²) in [5.74, 6) is -1.65. The monoisotopic (exact) mass is 273 g/mol. The molecule has 1 aliphatic heterocycles. The van der Waals surface area contributed by atoms with Crippen LogP contribution in [0.15, 0.2) is 29.4 Å². The minimum atomic E-state index is -1.19. The summed E-state index contributed by atoms with van der Waals surface area (Å²) in [6.45, 7) is 0. The maximum absolute atomic E-state index is 11.8. The predicted molar refractivity (Wildman–Crippen MR) is 68.9 cm³/mol. The number of anilines is 1. The molecule has 2 N–H and O–H groups in total. The highest BCUT2D eigenvalue weighted by Crippen LogP contribution is 2.15. The fourth-order valence-corrected chi connectivity index (χ4v) is 1.66. The van der Waals surface area contributed by atoms with E-state index in [0.717, 1.165) is 5.56 Å². The molecule has 1 aliphatic rings. The van der Waals surface area contributed by atoms with Crippen LogP contribution in [0.5, 0.6) is 0 Å². The quantitative estimate of drug-likeness (QED) is 0.847. The number of nitrogens with one attached hydrogen (secondary N) is 1. The molecule has 0 saturated carbocycles. The molecular formula is C13H11N3O4. The molecule has 1 unspecified atom stereocenters.